The Hall–Kier alpha value is -3.96. The lowest BCUT2D eigenvalue weighted by Crippen LogP contribution is -2.57. The van der Waals surface area contributed by atoms with E-state index in [0.717, 1.165) is 7.14 Å². The van der Waals surface area contributed by atoms with Gasteiger partial charge in [0.25, 0.3) is 0 Å². The Bertz CT molecular complexity index is 2000. The number of para-hydroxylation sites is 1. The van der Waals surface area contributed by atoms with E-state index < -0.39 is 34.5 Å². The van der Waals surface area contributed by atoms with Crippen LogP contribution in [0, 0.1) is 12.6 Å². The molecular weight excluding hydrogens is 788 g/mol. The van der Waals surface area contributed by atoms with Gasteiger partial charge in [-0.15, -0.1) is 0 Å². The first-order chi connectivity index (χ1) is 21.8. The molecule has 0 N–H and O–H groups in total. The van der Waals surface area contributed by atoms with Gasteiger partial charge >= 0.3 is 0 Å². The summed E-state index contributed by atoms with van der Waals surface area (Å²) in [7, 11) is 0. The third-order valence-electron chi connectivity index (χ3n) is 9.64. The zero-order valence-corrected chi connectivity index (χ0v) is 27.9. The van der Waals surface area contributed by atoms with Crippen LogP contribution < -0.4 is 4.90 Å². The minimum Gasteiger partial charge on any atom is -0.343 e. The van der Waals surface area contributed by atoms with Crippen LogP contribution >= 0.6 is 45.2 Å². The van der Waals surface area contributed by atoms with Crippen molar-refractivity contribution in [2.45, 2.75) is 17.5 Å². The molecule has 2 spiro atoms. The number of benzene rings is 5. The number of halogens is 2. The van der Waals surface area contributed by atoms with Crippen LogP contribution in [0.5, 0.6) is 0 Å². The molecule has 45 heavy (non-hydrogen) atoms. The maximum absolute atomic E-state index is 15.3. The minimum absolute atomic E-state index is 0.299. The van der Waals surface area contributed by atoms with E-state index >= 15 is 19.2 Å². The quantitative estimate of drug-likeness (QED) is 0.136. The van der Waals surface area contributed by atoms with E-state index in [1.165, 1.54) is 0 Å². The van der Waals surface area contributed by atoms with Crippen LogP contribution in [0.1, 0.15) is 64.5 Å². The molecule has 3 aliphatic rings. The van der Waals surface area contributed by atoms with Crippen molar-refractivity contribution in [1.29, 1.82) is 0 Å². The summed E-state index contributed by atoms with van der Waals surface area (Å²) in [6, 6.07) is 37.2. The average molecular weight is 811 g/mol. The first kappa shape index (κ1) is 28.5. The predicted octanol–water partition coefficient (Wildman–Crippen LogP) is 8.12. The van der Waals surface area contributed by atoms with E-state index in [4.69, 9.17) is 0 Å². The molecule has 2 aliphatic carbocycles. The zero-order valence-electron chi connectivity index (χ0n) is 23.6. The number of carbonyl (C=O) groups is 4. The number of hydrogen-bond acceptors (Lipinski definition) is 5. The molecule has 7 heteroatoms. The number of carbonyl (C=O) groups excluding carboxylic acids is 4. The topological polar surface area (TPSA) is 71.5 Å². The molecule has 0 radical (unpaired) electrons. The first-order valence-corrected chi connectivity index (χ1v) is 16.7. The molecule has 1 saturated heterocycles. The van der Waals surface area contributed by atoms with Crippen LogP contribution in [-0.2, 0) is 0 Å². The standard InChI is InChI=1S/C38H23I2NO4/c39-24-18-14-22(15-19-24)31-37(33(42)27-10-4-5-11-28(27)34(37)43)32(23-16-20-25(40)21-17-23)41(26-8-2-1-3-9-26)38(31)35(44)29-12-6-7-13-30(29)36(38)45/h1-21,31-32H/t31-,32-/m0/s1. The highest BCUT2D eigenvalue weighted by Gasteiger charge is 2.80. The normalized spacial score (nSPS) is 20.7. The third kappa shape index (κ3) is 3.65. The van der Waals surface area contributed by atoms with Crippen LogP contribution in [0.3, 0.4) is 0 Å². The van der Waals surface area contributed by atoms with Crippen molar-refractivity contribution in [1.82, 2.24) is 0 Å². The highest BCUT2D eigenvalue weighted by molar-refractivity contribution is 14.1. The molecule has 5 aromatic rings. The van der Waals surface area contributed by atoms with Gasteiger partial charge in [0.15, 0.2) is 28.7 Å². The number of anilines is 1. The summed E-state index contributed by atoms with van der Waals surface area (Å²) in [5, 5.41) is 0. The van der Waals surface area contributed by atoms with E-state index in [0.29, 0.717) is 39.1 Å². The van der Waals surface area contributed by atoms with Crippen molar-refractivity contribution in [3.05, 3.63) is 168 Å². The number of rotatable bonds is 3. The van der Waals surface area contributed by atoms with Crippen LogP contribution in [0.25, 0.3) is 0 Å². The molecule has 218 valence electrons. The Morgan fingerprint density at radius 3 is 1.33 bits per heavy atom. The van der Waals surface area contributed by atoms with E-state index in [2.05, 4.69) is 45.2 Å². The lowest BCUT2D eigenvalue weighted by molar-refractivity contribution is 0.0619. The first-order valence-electron chi connectivity index (χ1n) is 14.6. The van der Waals surface area contributed by atoms with Crippen molar-refractivity contribution in [2.24, 2.45) is 5.41 Å². The zero-order chi connectivity index (χ0) is 31.1. The van der Waals surface area contributed by atoms with Gasteiger partial charge in [-0.3, -0.25) is 19.2 Å². The fourth-order valence-electron chi connectivity index (χ4n) is 8.00. The summed E-state index contributed by atoms with van der Waals surface area (Å²) >= 11 is 4.43. The summed E-state index contributed by atoms with van der Waals surface area (Å²) in [6.07, 6.45) is 0. The molecule has 1 fully saturated rings. The fourth-order valence-corrected chi connectivity index (χ4v) is 8.72. The second-order valence-electron chi connectivity index (χ2n) is 11.7. The van der Waals surface area contributed by atoms with Gasteiger partial charge in [-0.2, -0.15) is 0 Å². The minimum atomic E-state index is -1.92. The third-order valence-corrected chi connectivity index (χ3v) is 11.1. The summed E-state index contributed by atoms with van der Waals surface area (Å²) in [6.45, 7) is 0. The van der Waals surface area contributed by atoms with Gasteiger partial charge in [-0.25, -0.2) is 0 Å². The Morgan fingerprint density at radius 1 is 0.467 bits per heavy atom. The number of fused-ring (bicyclic) bond motifs is 2. The largest absolute Gasteiger partial charge is 0.343 e. The van der Waals surface area contributed by atoms with E-state index in [-0.39, 0.29) is 11.6 Å². The average Bonchev–Trinajstić information content (AvgIpc) is 3.57. The molecule has 8 rings (SSSR count). The van der Waals surface area contributed by atoms with Gasteiger partial charge in [-0.1, -0.05) is 91.0 Å². The highest BCUT2D eigenvalue weighted by atomic mass is 127. The van der Waals surface area contributed by atoms with Crippen molar-refractivity contribution in [3.8, 4) is 0 Å². The maximum atomic E-state index is 15.3. The Labute approximate surface area is 286 Å². The number of ketones is 4. The van der Waals surface area contributed by atoms with Crippen molar-refractivity contribution >= 4 is 74.0 Å². The summed E-state index contributed by atoms with van der Waals surface area (Å²) < 4.78 is 1.93. The number of hydrogen-bond donors (Lipinski definition) is 0. The predicted molar refractivity (Wildman–Crippen MR) is 188 cm³/mol. The van der Waals surface area contributed by atoms with E-state index in [1.54, 1.807) is 48.5 Å². The maximum Gasteiger partial charge on any atom is 0.197 e. The van der Waals surface area contributed by atoms with Crippen LogP contribution in [0.2, 0.25) is 0 Å². The van der Waals surface area contributed by atoms with Crippen LogP contribution in [-0.4, -0.2) is 28.7 Å². The second kappa shape index (κ2) is 10.3. The van der Waals surface area contributed by atoms with E-state index in [1.807, 2.05) is 83.8 Å². The molecule has 5 aromatic carbocycles. The fraction of sp³-hybridized carbons (Fsp3) is 0.105. The lowest BCUT2D eigenvalue weighted by Gasteiger charge is -2.40. The molecule has 0 saturated carbocycles. The monoisotopic (exact) mass is 811 g/mol. The Morgan fingerprint density at radius 2 is 0.867 bits per heavy atom. The molecule has 1 heterocycles. The molecule has 0 amide bonds. The molecular formula is C38H23I2NO4. The molecule has 0 aromatic heterocycles. The Kier molecular flexibility index (Phi) is 6.51. The summed E-state index contributed by atoms with van der Waals surface area (Å²) in [5.74, 6) is -2.68. The Balaban J connectivity index is 1.58. The van der Waals surface area contributed by atoms with Gasteiger partial charge in [0.2, 0.25) is 0 Å². The molecule has 0 bridgehead atoms. The smallest absolute Gasteiger partial charge is 0.197 e. The number of Topliss-reactive ketones (excluding diaryl/α,β-unsaturated/α-hetero) is 4. The van der Waals surface area contributed by atoms with E-state index in [9.17, 15) is 0 Å². The summed E-state index contributed by atoms with van der Waals surface area (Å²) in [4.78, 5) is 62.8. The van der Waals surface area contributed by atoms with Gasteiger partial charge in [0, 0.05) is 41.0 Å². The molecule has 1 aliphatic heterocycles. The van der Waals surface area contributed by atoms with Gasteiger partial charge in [-0.05, 0) is 92.7 Å². The van der Waals surface area contributed by atoms with Crippen LogP contribution in [0.15, 0.2) is 127 Å². The van der Waals surface area contributed by atoms with Gasteiger partial charge in [0.1, 0.15) is 5.41 Å². The van der Waals surface area contributed by atoms with Crippen molar-refractivity contribution < 1.29 is 19.2 Å². The SMILES string of the molecule is O=C1c2ccccc2C(=O)C12[C@H](c1ccc(I)cc1)N(c1ccccc1)C1(C(=O)c3ccccc3C1=O)[C@H]2c1ccc(I)cc1. The van der Waals surface area contributed by atoms with Crippen molar-refractivity contribution in [2.75, 3.05) is 4.90 Å². The second-order valence-corrected chi connectivity index (χ2v) is 14.2. The number of nitrogens with zero attached hydrogens (tertiary/aromatic N) is 1. The lowest BCUT2D eigenvalue weighted by atomic mass is 9.60. The molecule has 0 unspecified atom stereocenters. The van der Waals surface area contributed by atoms with Crippen molar-refractivity contribution in [3.63, 3.8) is 0 Å². The summed E-state index contributed by atoms with van der Waals surface area (Å²) in [5.41, 5.74) is -0.667. The molecule has 5 nitrogen and oxygen atoms in total. The van der Waals surface area contributed by atoms with Crippen LogP contribution in [0.4, 0.5) is 5.69 Å². The molecule has 2 atom stereocenters. The highest BCUT2D eigenvalue weighted by Crippen LogP contribution is 2.69. The van der Waals surface area contributed by atoms with Gasteiger partial charge in [0.05, 0.1) is 6.04 Å². The van der Waals surface area contributed by atoms with Gasteiger partial charge < -0.3 is 4.90 Å².